The van der Waals surface area contributed by atoms with Crippen molar-refractivity contribution in [3.8, 4) is 0 Å². The fourth-order valence-corrected chi connectivity index (χ4v) is 3.32. The highest BCUT2D eigenvalue weighted by Crippen LogP contribution is 2.24. The van der Waals surface area contributed by atoms with E-state index in [0.29, 0.717) is 12.8 Å². The monoisotopic (exact) mass is 340 g/mol. The van der Waals surface area contributed by atoms with Gasteiger partial charge in [0.15, 0.2) is 0 Å². The van der Waals surface area contributed by atoms with Crippen LogP contribution < -0.4 is 5.32 Å². The Bertz CT molecular complexity index is 697. The summed E-state index contributed by atoms with van der Waals surface area (Å²) >= 11 is 0. The largest absolute Gasteiger partial charge is 0.333 e. The van der Waals surface area contributed by atoms with Gasteiger partial charge in [0.1, 0.15) is 5.82 Å². The van der Waals surface area contributed by atoms with Crippen LogP contribution in [0.2, 0.25) is 0 Å². The van der Waals surface area contributed by atoms with Gasteiger partial charge in [-0.15, -0.1) is 0 Å². The highest BCUT2D eigenvalue weighted by atomic mass is 19.1. The Balaban J connectivity index is 1.66. The molecule has 2 aromatic carbocycles. The van der Waals surface area contributed by atoms with Gasteiger partial charge in [-0.2, -0.15) is 0 Å². The number of halogens is 1. The fraction of sp³-hybridized carbons (Fsp3) is 0.381. The van der Waals surface area contributed by atoms with Crippen molar-refractivity contribution in [1.82, 2.24) is 10.2 Å². The Morgan fingerprint density at radius 1 is 1.12 bits per heavy atom. The first kappa shape index (κ1) is 17.6. The minimum Gasteiger partial charge on any atom is -0.333 e. The summed E-state index contributed by atoms with van der Waals surface area (Å²) in [4.78, 5) is 14.8. The summed E-state index contributed by atoms with van der Waals surface area (Å²) in [6, 6.07) is 15.0. The van der Waals surface area contributed by atoms with Crippen molar-refractivity contribution in [2.24, 2.45) is 0 Å². The number of piperazine rings is 1. The molecule has 1 aliphatic rings. The molecule has 132 valence electrons. The molecule has 1 amide bonds. The Morgan fingerprint density at radius 3 is 2.48 bits per heavy atom. The summed E-state index contributed by atoms with van der Waals surface area (Å²) in [7, 11) is 0. The molecule has 1 heterocycles. The first-order valence-electron chi connectivity index (χ1n) is 9.01. The molecule has 2 aromatic rings. The van der Waals surface area contributed by atoms with E-state index in [0.717, 1.165) is 31.6 Å². The molecule has 0 aliphatic carbocycles. The third-order valence-electron chi connectivity index (χ3n) is 4.88. The Hall–Kier alpha value is -2.20. The minimum atomic E-state index is -0.243. The summed E-state index contributed by atoms with van der Waals surface area (Å²) in [6.45, 7) is 4.48. The second-order valence-corrected chi connectivity index (χ2v) is 6.53. The van der Waals surface area contributed by atoms with E-state index in [9.17, 15) is 9.18 Å². The summed E-state index contributed by atoms with van der Waals surface area (Å²) in [5, 5.41) is 3.39. The third-order valence-corrected chi connectivity index (χ3v) is 4.88. The van der Waals surface area contributed by atoms with Crippen LogP contribution in [0.15, 0.2) is 48.5 Å². The third kappa shape index (κ3) is 4.45. The number of hydrogen-bond donors (Lipinski definition) is 1. The van der Waals surface area contributed by atoms with Gasteiger partial charge in [0.2, 0.25) is 5.91 Å². The minimum absolute atomic E-state index is 0.0837. The van der Waals surface area contributed by atoms with Gasteiger partial charge in [0, 0.05) is 26.1 Å². The number of nitrogens with one attached hydrogen (secondary N) is 1. The van der Waals surface area contributed by atoms with E-state index >= 15 is 0 Å². The molecule has 3 nitrogen and oxygen atoms in total. The van der Waals surface area contributed by atoms with E-state index < -0.39 is 0 Å². The molecule has 1 saturated heterocycles. The molecule has 0 aromatic heterocycles. The van der Waals surface area contributed by atoms with Crippen LogP contribution in [0, 0.1) is 5.82 Å². The molecule has 3 rings (SSSR count). The molecule has 1 unspecified atom stereocenters. The predicted octanol–water partition coefficient (Wildman–Crippen LogP) is 3.49. The molecule has 25 heavy (non-hydrogen) atoms. The number of aryl methyl sites for hydroxylation is 2. The van der Waals surface area contributed by atoms with Crippen molar-refractivity contribution in [2.75, 3.05) is 19.6 Å². The number of nitrogens with zero attached hydrogens (tertiary/aromatic N) is 1. The quantitative estimate of drug-likeness (QED) is 0.904. The van der Waals surface area contributed by atoms with Crippen molar-refractivity contribution >= 4 is 5.91 Å². The second kappa shape index (κ2) is 8.26. The maximum atomic E-state index is 13.0. The molecule has 0 radical (unpaired) electrons. The number of benzene rings is 2. The molecular weight excluding hydrogens is 315 g/mol. The molecule has 0 spiro atoms. The summed E-state index contributed by atoms with van der Waals surface area (Å²) < 4.78 is 13.0. The zero-order valence-electron chi connectivity index (χ0n) is 14.7. The van der Waals surface area contributed by atoms with Gasteiger partial charge in [-0.3, -0.25) is 4.79 Å². The molecule has 1 atom stereocenters. The van der Waals surface area contributed by atoms with Gasteiger partial charge < -0.3 is 10.2 Å². The fourth-order valence-electron chi connectivity index (χ4n) is 3.32. The van der Waals surface area contributed by atoms with E-state index in [1.807, 2.05) is 4.90 Å². The van der Waals surface area contributed by atoms with E-state index in [-0.39, 0.29) is 17.8 Å². The number of hydrogen-bond acceptors (Lipinski definition) is 2. The van der Waals surface area contributed by atoms with Crippen molar-refractivity contribution in [3.63, 3.8) is 0 Å². The lowest BCUT2D eigenvalue weighted by Gasteiger charge is -2.36. The molecule has 0 saturated carbocycles. The number of rotatable bonds is 5. The topological polar surface area (TPSA) is 32.3 Å². The van der Waals surface area contributed by atoms with Gasteiger partial charge in [-0.1, -0.05) is 43.3 Å². The Labute approximate surface area is 148 Å². The molecular formula is C21H25FN2O. The Morgan fingerprint density at radius 2 is 1.80 bits per heavy atom. The zero-order chi connectivity index (χ0) is 17.6. The molecule has 1 fully saturated rings. The highest BCUT2D eigenvalue weighted by molar-refractivity contribution is 5.77. The first-order valence-corrected chi connectivity index (χ1v) is 9.01. The van der Waals surface area contributed by atoms with Gasteiger partial charge in [-0.25, -0.2) is 4.39 Å². The van der Waals surface area contributed by atoms with Crippen LogP contribution in [-0.2, 0) is 17.6 Å². The van der Waals surface area contributed by atoms with Crippen LogP contribution in [0.1, 0.15) is 36.1 Å². The number of amides is 1. The van der Waals surface area contributed by atoms with E-state index in [2.05, 4.69) is 36.5 Å². The lowest BCUT2D eigenvalue weighted by Crippen LogP contribution is -2.48. The number of carbonyl (C=O) groups is 1. The zero-order valence-corrected chi connectivity index (χ0v) is 14.7. The van der Waals surface area contributed by atoms with Crippen LogP contribution in [0.5, 0.6) is 0 Å². The average Bonchev–Trinajstić information content (AvgIpc) is 2.67. The van der Waals surface area contributed by atoms with Crippen LogP contribution in [0.4, 0.5) is 4.39 Å². The van der Waals surface area contributed by atoms with Crippen molar-refractivity contribution in [3.05, 3.63) is 71.0 Å². The molecule has 4 heteroatoms. The average molecular weight is 340 g/mol. The van der Waals surface area contributed by atoms with Crippen molar-refractivity contribution < 1.29 is 9.18 Å². The van der Waals surface area contributed by atoms with E-state index in [1.54, 1.807) is 12.1 Å². The molecule has 0 bridgehead atoms. The lowest BCUT2D eigenvalue weighted by atomic mass is 10.00. The SMILES string of the molecule is CCc1ccc(C2CNCCN2C(=O)CCc2ccc(F)cc2)cc1. The standard InChI is InChI=1S/C21H25FN2O/c1-2-16-3-8-18(9-4-16)20-15-23-13-14-24(20)21(25)12-7-17-5-10-19(22)11-6-17/h3-6,8-11,20,23H,2,7,12-15H2,1H3. The lowest BCUT2D eigenvalue weighted by molar-refractivity contribution is -0.134. The smallest absolute Gasteiger partial charge is 0.223 e. The van der Waals surface area contributed by atoms with Gasteiger partial charge in [0.05, 0.1) is 6.04 Å². The second-order valence-electron chi connectivity index (χ2n) is 6.53. The van der Waals surface area contributed by atoms with Crippen LogP contribution in [-0.4, -0.2) is 30.4 Å². The van der Waals surface area contributed by atoms with Crippen LogP contribution in [0.25, 0.3) is 0 Å². The van der Waals surface area contributed by atoms with Gasteiger partial charge in [-0.05, 0) is 41.7 Å². The highest BCUT2D eigenvalue weighted by Gasteiger charge is 2.27. The van der Waals surface area contributed by atoms with Crippen LogP contribution in [0.3, 0.4) is 0 Å². The van der Waals surface area contributed by atoms with E-state index in [1.165, 1.54) is 23.3 Å². The Kier molecular flexibility index (Phi) is 5.82. The van der Waals surface area contributed by atoms with Crippen molar-refractivity contribution in [2.45, 2.75) is 32.2 Å². The summed E-state index contributed by atoms with van der Waals surface area (Å²) in [5.41, 5.74) is 3.48. The molecule has 1 aliphatic heterocycles. The van der Waals surface area contributed by atoms with Crippen LogP contribution >= 0.6 is 0 Å². The maximum Gasteiger partial charge on any atom is 0.223 e. The first-order chi connectivity index (χ1) is 12.2. The predicted molar refractivity (Wildman–Crippen MR) is 97.9 cm³/mol. The maximum absolute atomic E-state index is 13.0. The summed E-state index contributed by atoms with van der Waals surface area (Å²) in [6.07, 6.45) is 2.11. The summed E-state index contributed by atoms with van der Waals surface area (Å²) in [5.74, 6) is -0.0804. The van der Waals surface area contributed by atoms with Gasteiger partial charge in [0.25, 0.3) is 0 Å². The van der Waals surface area contributed by atoms with E-state index in [4.69, 9.17) is 0 Å². The van der Waals surface area contributed by atoms with Gasteiger partial charge >= 0.3 is 0 Å². The normalized spacial score (nSPS) is 17.5. The number of carbonyl (C=O) groups excluding carboxylic acids is 1. The molecule has 1 N–H and O–H groups in total. The van der Waals surface area contributed by atoms with Crippen molar-refractivity contribution in [1.29, 1.82) is 0 Å².